The normalized spacial score (nSPS) is 17.8. The number of amides is 1. The van der Waals surface area contributed by atoms with E-state index in [0.717, 1.165) is 44.7 Å². The molecule has 8 heteroatoms. The third-order valence-electron chi connectivity index (χ3n) is 4.74. The summed E-state index contributed by atoms with van der Waals surface area (Å²) in [6.07, 6.45) is 3.50. The zero-order valence-electron chi connectivity index (χ0n) is 13.5. The molecule has 2 N–H and O–H groups in total. The fourth-order valence-electron chi connectivity index (χ4n) is 3.45. The number of aromatic amines is 1. The molecule has 2 aromatic rings. The van der Waals surface area contributed by atoms with Crippen molar-refractivity contribution in [3.8, 4) is 0 Å². The quantitative estimate of drug-likeness (QED) is 0.847. The van der Waals surface area contributed by atoms with Gasteiger partial charge in [0.2, 0.25) is 5.91 Å². The summed E-state index contributed by atoms with van der Waals surface area (Å²) in [7, 11) is 0. The number of aromatic nitrogens is 4. The van der Waals surface area contributed by atoms with Crippen molar-refractivity contribution in [2.75, 3.05) is 42.9 Å². The van der Waals surface area contributed by atoms with Gasteiger partial charge in [-0.2, -0.15) is 5.21 Å². The van der Waals surface area contributed by atoms with Crippen molar-refractivity contribution in [1.82, 2.24) is 25.5 Å². The number of hydrogen-bond donors (Lipinski definition) is 2. The summed E-state index contributed by atoms with van der Waals surface area (Å²) in [6, 6.07) is 6.27. The molecular weight excluding hydrogens is 306 g/mol. The van der Waals surface area contributed by atoms with Gasteiger partial charge in [0, 0.05) is 31.9 Å². The van der Waals surface area contributed by atoms with Crippen LogP contribution in [0, 0.1) is 0 Å². The van der Waals surface area contributed by atoms with Crippen LogP contribution in [0.25, 0.3) is 0 Å². The summed E-state index contributed by atoms with van der Waals surface area (Å²) in [5.41, 5.74) is 3.71. The Balaban J connectivity index is 1.28. The van der Waals surface area contributed by atoms with Crippen molar-refractivity contribution in [2.45, 2.75) is 19.3 Å². The second-order valence-corrected chi connectivity index (χ2v) is 6.36. The van der Waals surface area contributed by atoms with Crippen LogP contribution in [0.4, 0.5) is 11.6 Å². The van der Waals surface area contributed by atoms with Gasteiger partial charge in [0.25, 0.3) is 5.95 Å². The highest BCUT2D eigenvalue weighted by molar-refractivity contribution is 5.92. The molecule has 1 saturated heterocycles. The fourth-order valence-corrected chi connectivity index (χ4v) is 3.45. The molecule has 0 unspecified atom stereocenters. The minimum Gasteiger partial charge on any atom is -0.336 e. The van der Waals surface area contributed by atoms with E-state index in [1.54, 1.807) is 0 Å². The first-order chi connectivity index (χ1) is 11.8. The maximum absolute atomic E-state index is 12.3. The Morgan fingerprint density at radius 2 is 2.00 bits per heavy atom. The zero-order valence-corrected chi connectivity index (χ0v) is 13.5. The number of tetrazole rings is 1. The van der Waals surface area contributed by atoms with Gasteiger partial charge in [-0.1, -0.05) is 11.2 Å². The van der Waals surface area contributed by atoms with Gasteiger partial charge in [-0.05, 0) is 47.7 Å². The average Bonchev–Trinajstić information content (AvgIpc) is 3.26. The Kier molecular flexibility index (Phi) is 4.12. The molecule has 24 heavy (non-hydrogen) atoms. The van der Waals surface area contributed by atoms with Gasteiger partial charge in [-0.25, -0.2) is 0 Å². The first-order valence-corrected chi connectivity index (χ1v) is 8.40. The van der Waals surface area contributed by atoms with E-state index in [1.807, 2.05) is 6.07 Å². The lowest BCUT2D eigenvalue weighted by molar-refractivity contribution is -0.117. The van der Waals surface area contributed by atoms with Gasteiger partial charge in [0.05, 0.1) is 6.54 Å². The highest BCUT2D eigenvalue weighted by Crippen LogP contribution is 2.24. The highest BCUT2D eigenvalue weighted by Gasteiger charge is 2.21. The molecule has 1 aliphatic heterocycles. The third-order valence-corrected chi connectivity index (χ3v) is 4.74. The second-order valence-electron chi connectivity index (χ2n) is 6.36. The minimum atomic E-state index is 0.0426. The number of anilines is 2. The minimum absolute atomic E-state index is 0.0426. The number of hydrogen-bond acceptors (Lipinski definition) is 6. The molecule has 1 aromatic heterocycles. The van der Waals surface area contributed by atoms with E-state index in [1.165, 1.54) is 17.5 Å². The molecule has 4 rings (SSSR count). The SMILES string of the molecule is O=C(CN1CCN(c2nn[nH]n2)CC1)Nc1ccc2c(c1)CCC2. The Hall–Kier alpha value is -2.48. The van der Waals surface area contributed by atoms with Crippen LogP contribution in [0.15, 0.2) is 18.2 Å². The molecule has 1 fully saturated rings. The van der Waals surface area contributed by atoms with Crippen molar-refractivity contribution in [2.24, 2.45) is 0 Å². The van der Waals surface area contributed by atoms with E-state index in [-0.39, 0.29) is 5.91 Å². The van der Waals surface area contributed by atoms with Crippen LogP contribution in [0.2, 0.25) is 0 Å². The summed E-state index contributed by atoms with van der Waals surface area (Å²) in [6.45, 7) is 3.63. The lowest BCUT2D eigenvalue weighted by Gasteiger charge is -2.33. The molecular formula is C16H21N7O. The van der Waals surface area contributed by atoms with E-state index in [4.69, 9.17) is 0 Å². The molecule has 1 aliphatic carbocycles. The highest BCUT2D eigenvalue weighted by atomic mass is 16.2. The predicted octanol–water partition coefficient (Wildman–Crippen LogP) is 0.449. The molecule has 2 aliphatic rings. The molecule has 0 saturated carbocycles. The Morgan fingerprint density at radius 1 is 1.17 bits per heavy atom. The Bertz CT molecular complexity index is 707. The van der Waals surface area contributed by atoms with E-state index >= 15 is 0 Å². The van der Waals surface area contributed by atoms with Gasteiger partial charge in [0.15, 0.2) is 0 Å². The number of piperazine rings is 1. The van der Waals surface area contributed by atoms with Gasteiger partial charge in [-0.15, -0.1) is 5.10 Å². The topological polar surface area (TPSA) is 90.0 Å². The van der Waals surface area contributed by atoms with Crippen LogP contribution in [0.5, 0.6) is 0 Å². The molecule has 1 amide bonds. The number of nitrogens with zero attached hydrogens (tertiary/aromatic N) is 5. The summed E-state index contributed by atoms with van der Waals surface area (Å²) in [4.78, 5) is 16.5. The molecule has 0 radical (unpaired) electrons. The van der Waals surface area contributed by atoms with Crippen molar-refractivity contribution in [3.05, 3.63) is 29.3 Å². The second kappa shape index (κ2) is 6.56. The molecule has 8 nitrogen and oxygen atoms in total. The predicted molar refractivity (Wildman–Crippen MR) is 89.9 cm³/mol. The van der Waals surface area contributed by atoms with Crippen LogP contribution in [0.1, 0.15) is 17.5 Å². The standard InChI is InChI=1S/C16H21N7O/c24-15(17-14-5-4-12-2-1-3-13(12)10-14)11-22-6-8-23(9-7-22)16-18-20-21-19-16/h4-5,10H,1-3,6-9,11H2,(H,17,24)(H,18,19,20,21). The van der Waals surface area contributed by atoms with Crippen molar-refractivity contribution < 1.29 is 4.79 Å². The number of aryl methyl sites for hydroxylation is 2. The molecule has 0 bridgehead atoms. The fraction of sp³-hybridized carbons (Fsp3) is 0.500. The van der Waals surface area contributed by atoms with E-state index in [2.05, 4.69) is 47.9 Å². The summed E-state index contributed by atoms with van der Waals surface area (Å²) in [5, 5.41) is 17.1. The van der Waals surface area contributed by atoms with Crippen LogP contribution < -0.4 is 10.2 Å². The maximum Gasteiger partial charge on any atom is 0.265 e. The third kappa shape index (κ3) is 3.23. The van der Waals surface area contributed by atoms with E-state index in [0.29, 0.717) is 12.5 Å². The number of fused-ring (bicyclic) bond motifs is 1. The first kappa shape index (κ1) is 15.1. The molecule has 0 atom stereocenters. The smallest absolute Gasteiger partial charge is 0.265 e. The van der Waals surface area contributed by atoms with E-state index in [9.17, 15) is 4.79 Å². The summed E-state index contributed by atoms with van der Waals surface area (Å²) < 4.78 is 0. The average molecular weight is 327 g/mol. The lowest BCUT2D eigenvalue weighted by atomic mass is 10.1. The van der Waals surface area contributed by atoms with Crippen molar-refractivity contribution in [1.29, 1.82) is 0 Å². The lowest BCUT2D eigenvalue weighted by Crippen LogP contribution is -2.49. The van der Waals surface area contributed by atoms with Gasteiger partial charge in [0.1, 0.15) is 0 Å². The monoisotopic (exact) mass is 327 g/mol. The summed E-state index contributed by atoms with van der Waals surface area (Å²) in [5.74, 6) is 0.665. The summed E-state index contributed by atoms with van der Waals surface area (Å²) >= 11 is 0. The van der Waals surface area contributed by atoms with Crippen molar-refractivity contribution in [3.63, 3.8) is 0 Å². The molecule has 0 spiro atoms. The van der Waals surface area contributed by atoms with Gasteiger partial charge < -0.3 is 10.2 Å². The largest absolute Gasteiger partial charge is 0.336 e. The number of rotatable bonds is 4. The number of nitrogens with one attached hydrogen (secondary N) is 2. The Labute approximate surface area is 140 Å². The number of benzene rings is 1. The van der Waals surface area contributed by atoms with Crippen LogP contribution in [-0.4, -0.2) is 64.2 Å². The van der Waals surface area contributed by atoms with Gasteiger partial charge >= 0.3 is 0 Å². The van der Waals surface area contributed by atoms with Crippen LogP contribution in [0.3, 0.4) is 0 Å². The zero-order chi connectivity index (χ0) is 16.4. The van der Waals surface area contributed by atoms with E-state index < -0.39 is 0 Å². The Morgan fingerprint density at radius 3 is 2.79 bits per heavy atom. The molecule has 2 heterocycles. The number of H-pyrrole nitrogens is 1. The molecule has 1 aromatic carbocycles. The molecule has 126 valence electrons. The van der Waals surface area contributed by atoms with Crippen LogP contribution >= 0.6 is 0 Å². The van der Waals surface area contributed by atoms with Crippen LogP contribution in [-0.2, 0) is 17.6 Å². The van der Waals surface area contributed by atoms with Crippen molar-refractivity contribution >= 4 is 17.5 Å². The number of carbonyl (C=O) groups is 1. The number of carbonyl (C=O) groups excluding carboxylic acids is 1. The van der Waals surface area contributed by atoms with Gasteiger partial charge in [-0.3, -0.25) is 9.69 Å². The maximum atomic E-state index is 12.3. The first-order valence-electron chi connectivity index (χ1n) is 8.40.